The molecule has 0 amide bonds. The smallest absolute Gasteiger partial charge is 0.305 e. The highest BCUT2D eigenvalue weighted by Gasteiger charge is 2.07. The number of nitrogens with zero attached hydrogens (tertiary/aromatic N) is 3. The van der Waals surface area contributed by atoms with Crippen LogP contribution in [0.4, 0.5) is 11.6 Å². The molecule has 0 aliphatic carbocycles. The zero-order valence-electron chi connectivity index (χ0n) is 12.3. The zero-order chi connectivity index (χ0) is 15.9. The van der Waals surface area contributed by atoms with Crippen LogP contribution in [0, 0.1) is 10.1 Å². The van der Waals surface area contributed by atoms with Crippen molar-refractivity contribution in [3.63, 3.8) is 0 Å². The minimum absolute atomic E-state index is 0.134. The summed E-state index contributed by atoms with van der Waals surface area (Å²) in [4.78, 5) is 17.7. The lowest BCUT2D eigenvalue weighted by molar-refractivity contribution is -0.385. The van der Waals surface area contributed by atoms with Crippen molar-refractivity contribution in [1.82, 2.24) is 9.97 Å². The molecule has 1 N–H and O–H groups in total. The third-order valence-electron chi connectivity index (χ3n) is 2.99. The lowest BCUT2D eigenvalue weighted by Gasteiger charge is -2.10. The fourth-order valence-corrected chi connectivity index (χ4v) is 1.86. The third kappa shape index (κ3) is 3.81. The maximum atomic E-state index is 10.5. The van der Waals surface area contributed by atoms with Gasteiger partial charge in [0, 0.05) is 6.54 Å². The molecule has 0 fully saturated rings. The van der Waals surface area contributed by atoms with E-state index in [0.717, 1.165) is 12.0 Å². The third-order valence-corrected chi connectivity index (χ3v) is 2.99. The predicted molar refractivity (Wildman–Crippen MR) is 80.4 cm³/mol. The molecule has 1 aromatic carbocycles. The molecule has 0 bridgehead atoms. The molecule has 8 heteroatoms. The highest BCUT2D eigenvalue weighted by atomic mass is 16.6. The number of benzene rings is 1. The van der Waals surface area contributed by atoms with Crippen molar-refractivity contribution in [2.24, 2.45) is 0 Å². The van der Waals surface area contributed by atoms with Crippen molar-refractivity contribution in [3.8, 4) is 11.5 Å². The summed E-state index contributed by atoms with van der Waals surface area (Å²) in [6, 6.07) is 5.69. The summed E-state index contributed by atoms with van der Waals surface area (Å²) in [5.41, 5.74) is 0.928. The quantitative estimate of drug-likeness (QED) is 0.617. The Morgan fingerprint density at radius 2 is 1.86 bits per heavy atom. The van der Waals surface area contributed by atoms with Crippen LogP contribution in [0.2, 0.25) is 0 Å². The first-order valence-corrected chi connectivity index (χ1v) is 6.55. The SMILES string of the molecule is COc1ccc(CCNc2ncc([N+](=O)[O-])cn2)cc1OC. The van der Waals surface area contributed by atoms with Crippen molar-refractivity contribution < 1.29 is 14.4 Å². The Balaban J connectivity index is 1.92. The Labute approximate surface area is 127 Å². The Morgan fingerprint density at radius 3 is 2.45 bits per heavy atom. The highest BCUT2D eigenvalue weighted by Crippen LogP contribution is 2.27. The predicted octanol–water partition coefficient (Wildman–Crippen LogP) is 2.06. The van der Waals surface area contributed by atoms with Gasteiger partial charge in [-0.1, -0.05) is 6.07 Å². The van der Waals surface area contributed by atoms with Gasteiger partial charge in [-0.3, -0.25) is 10.1 Å². The van der Waals surface area contributed by atoms with Gasteiger partial charge in [-0.2, -0.15) is 0 Å². The molecule has 116 valence electrons. The topological polar surface area (TPSA) is 99.4 Å². The summed E-state index contributed by atoms with van der Waals surface area (Å²) in [7, 11) is 3.18. The number of hydrogen-bond donors (Lipinski definition) is 1. The number of rotatable bonds is 7. The summed E-state index contributed by atoms with van der Waals surface area (Å²) in [6.07, 6.45) is 3.07. The van der Waals surface area contributed by atoms with E-state index in [1.807, 2.05) is 18.2 Å². The number of nitrogens with one attached hydrogen (secondary N) is 1. The van der Waals surface area contributed by atoms with E-state index in [1.165, 1.54) is 12.4 Å². The molecule has 1 aromatic heterocycles. The van der Waals surface area contributed by atoms with Crippen molar-refractivity contribution in [2.75, 3.05) is 26.1 Å². The standard InChI is InChI=1S/C14H16N4O4/c1-21-12-4-3-10(7-13(12)22-2)5-6-15-14-16-8-11(9-17-14)18(19)20/h3-4,7-9H,5-6H2,1-2H3,(H,15,16,17). The van der Waals surface area contributed by atoms with Crippen molar-refractivity contribution in [3.05, 3.63) is 46.3 Å². The Morgan fingerprint density at radius 1 is 1.18 bits per heavy atom. The molecule has 0 radical (unpaired) electrons. The molecule has 1 heterocycles. The van der Waals surface area contributed by atoms with E-state index >= 15 is 0 Å². The summed E-state index contributed by atoms with van der Waals surface area (Å²) in [5, 5.41) is 13.5. The first kappa shape index (κ1) is 15.5. The van der Waals surface area contributed by atoms with Crippen LogP contribution in [0.1, 0.15) is 5.56 Å². The first-order chi connectivity index (χ1) is 10.6. The van der Waals surface area contributed by atoms with Crippen LogP contribution in [0.5, 0.6) is 11.5 Å². The molecule has 0 atom stereocenters. The van der Waals surface area contributed by atoms with Crippen LogP contribution in [-0.2, 0) is 6.42 Å². The summed E-state index contributed by atoms with van der Waals surface area (Å²) >= 11 is 0. The average Bonchev–Trinajstić information content (AvgIpc) is 2.55. The molecule has 8 nitrogen and oxygen atoms in total. The van der Waals surface area contributed by atoms with Crippen LogP contribution in [0.15, 0.2) is 30.6 Å². The molecule has 0 aliphatic rings. The van der Waals surface area contributed by atoms with Gasteiger partial charge in [0.2, 0.25) is 5.95 Å². The number of ether oxygens (including phenoxy) is 2. The number of aromatic nitrogens is 2. The number of nitro groups is 1. The maximum Gasteiger partial charge on any atom is 0.305 e. The normalized spacial score (nSPS) is 10.1. The lowest BCUT2D eigenvalue weighted by Crippen LogP contribution is -2.08. The number of hydrogen-bond acceptors (Lipinski definition) is 7. The van der Waals surface area contributed by atoms with Gasteiger partial charge in [0.25, 0.3) is 0 Å². The van der Waals surface area contributed by atoms with E-state index < -0.39 is 4.92 Å². The van der Waals surface area contributed by atoms with Gasteiger partial charge in [-0.15, -0.1) is 0 Å². The molecule has 0 saturated heterocycles. The van der Waals surface area contributed by atoms with Gasteiger partial charge >= 0.3 is 5.69 Å². The second-order valence-electron chi connectivity index (χ2n) is 4.39. The van der Waals surface area contributed by atoms with Gasteiger partial charge in [0.1, 0.15) is 12.4 Å². The summed E-state index contributed by atoms with van der Waals surface area (Å²) in [5.74, 6) is 1.70. The van der Waals surface area contributed by atoms with Crippen LogP contribution in [0.3, 0.4) is 0 Å². The Kier molecular flexibility index (Phi) is 5.07. The van der Waals surface area contributed by atoms with Crippen LogP contribution < -0.4 is 14.8 Å². The van der Waals surface area contributed by atoms with Gasteiger partial charge in [0.05, 0.1) is 19.1 Å². The van der Waals surface area contributed by atoms with Gasteiger partial charge in [-0.25, -0.2) is 9.97 Å². The fourth-order valence-electron chi connectivity index (χ4n) is 1.86. The Bertz CT molecular complexity index is 646. The molecular formula is C14H16N4O4. The van der Waals surface area contributed by atoms with Crippen molar-refractivity contribution >= 4 is 11.6 Å². The van der Waals surface area contributed by atoms with Gasteiger partial charge in [-0.05, 0) is 24.1 Å². The van der Waals surface area contributed by atoms with Crippen molar-refractivity contribution in [2.45, 2.75) is 6.42 Å². The van der Waals surface area contributed by atoms with Gasteiger partial charge < -0.3 is 14.8 Å². The molecular weight excluding hydrogens is 288 g/mol. The summed E-state index contributed by atoms with van der Waals surface area (Å²) in [6.45, 7) is 0.591. The fraction of sp³-hybridized carbons (Fsp3) is 0.286. The van der Waals surface area contributed by atoms with Crippen LogP contribution in [0.25, 0.3) is 0 Å². The summed E-state index contributed by atoms with van der Waals surface area (Å²) < 4.78 is 10.4. The number of anilines is 1. The monoisotopic (exact) mass is 304 g/mol. The van der Waals surface area contributed by atoms with E-state index in [1.54, 1.807) is 14.2 Å². The van der Waals surface area contributed by atoms with E-state index in [2.05, 4.69) is 15.3 Å². The Hall–Kier alpha value is -2.90. The zero-order valence-corrected chi connectivity index (χ0v) is 12.3. The highest BCUT2D eigenvalue weighted by molar-refractivity contribution is 5.43. The molecule has 0 spiro atoms. The second kappa shape index (κ2) is 7.21. The van der Waals surface area contributed by atoms with E-state index in [4.69, 9.17) is 9.47 Å². The van der Waals surface area contributed by atoms with E-state index in [0.29, 0.717) is 24.0 Å². The van der Waals surface area contributed by atoms with E-state index in [9.17, 15) is 10.1 Å². The molecule has 0 aliphatic heterocycles. The first-order valence-electron chi connectivity index (χ1n) is 6.55. The second-order valence-corrected chi connectivity index (χ2v) is 4.39. The average molecular weight is 304 g/mol. The minimum atomic E-state index is -0.534. The number of methoxy groups -OCH3 is 2. The molecule has 0 saturated carbocycles. The maximum absolute atomic E-state index is 10.5. The van der Waals surface area contributed by atoms with Crippen LogP contribution in [-0.4, -0.2) is 35.7 Å². The van der Waals surface area contributed by atoms with Gasteiger partial charge in [0.15, 0.2) is 11.5 Å². The van der Waals surface area contributed by atoms with E-state index in [-0.39, 0.29) is 5.69 Å². The molecule has 0 unspecified atom stereocenters. The molecule has 2 rings (SSSR count). The van der Waals surface area contributed by atoms with Crippen LogP contribution >= 0.6 is 0 Å². The molecule has 22 heavy (non-hydrogen) atoms. The van der Waals surface area contributed by atoms with Crippen molar-refractivity contribution in [1.29, 1.82) is 0 Å². The largest absolute Gasteiger partial charge is 0.493 e. The lowest BCUT2D eigenvalue weighted by atomic mass is 10.1. The molecule has 2 aromatic rings. The minimum Gasteiger partial charge on any atom is -0.493 e.